The first-order valence-corrected chi connectivity index (χ1v) is 5.95. The van der Waals surface area contributed by atoms with E-state index in [4.69, 9.17) is 19.4 Å². The maximum absolute atomic E-state index is 5.44. The summed E-state index contributed by atoms with van der Waals surface area (Å²) in [5.41, 5.74) is 6.94. The molecule has 0 radical (unpaired) electrons. The molecule has 0 aliphatic carbocycles. The number of benzene rings is 1. The minimum absolute atomic E-state index is 0.264. The molecule has 0 aliphatic rings. The third kappa shape index (κ3) is 2.35. The van der Waals surface area contributed by atoms with E-state index in [1.165, 1.54) is 0 Å². The van der Waals surface area contributed by atoms with Crippen LogP contribution < -0.4 is 5.73 Å². The molecule has 6 nitrogen and oxygen atoms in total. The summed E-state index contributed by atoms with van der Waals surface area (Å²) in [5.74, 6) is 0.921. The summed E-state index contributed by atoms with van der Waals surface area (Å²) in [5, 5.41) is 4.89. The number of ether oxygens (including phenoxy) is 1. The lowest BCUT2D eigenvalue weighted by Crippen LogP contribution is -2.08. The lowest BCUT2D eigenvalue weighted by molar-refractivity contribution is 0.104. The summed E-state index contributed by atoms with van der Waals surface area (Å²) in [7, 11) is 0. The highest BCUT2D eigenvalue weighted by atomic mass is 16.5. The van der Waals surface area contributed by atoms with Crippen molar-refractivity contribution in [1.29, 1.82) is 0 Å². The van der Waals surface area contributed by atoms with Gasteiger partial charge in [-0.3, -0.25) is 0 Å². The number of hydrogen-bond donors (Lipinski definition) is 1. The first-order chi connectivity index (χ1) is 9.38. The smallest absolute Gasteiger partial charge is 0.252 e. The highest BCUT2D eigenvalue weighted by molar-refractivity contribution is 5.91. The van der Waals surface area contributed by atoms with E-state index >= 15 is 0 Å². The number of para-hydroxylation sites is 1. The number of nitrogens with two attached hydrogens (primary N) is 1. The summed E-state index contributed by atoms with van der Waals surface area (Å²) in [4.78, 5) is 4.27. The van der Waals surface area contributed by atoms with E-state index in [2.05, 4.69) is 10.1 Å². The van der Waals surface area contributed by atoms with E-state index in [9.17, 15) is 0 Å². The van der Waals surface area contributed by atoms with Gasteiger partial charge in [-0.05, 0) is 6.07 Å². The van der Waals surface area contributed by atoms with E-state index in [0.717, 1.165) is 16.5 Å². The van der Waals surface area contributed by atoms with E-state index in [0.29, 0.717) is 24.9 Å². The van der Waals surface area contributed by atoms with Crippen molar-refractivity contribution in [2.24, 2.45) is 5.73 Å². The number of fused-ring (bicyclic) bond motifs is 1. The minimum atomic E-state index is 0.264. The average Bonchev–Trinajstić information content (AvgIpc) is 3.05. The van der Waals surface area contributed by atoms with Crippen LogP contribution in [0.5, 0.6) is 0 Å². The number of nitrogens with zero attached hydrogens (tertiary/aromatic N) is 2. The molecular weight excluding hydrogens is 246 g/mol. The van der Waals surface area contributed by atoms with Crippen LogP contribution in [0.15, 0.2) is 39.5 Å². The normalized spacial score (nSPS) is 11.2. The fourth-order valence-electron chi connectivity index (χ4n) is 1.82. The van der Waals surface area contributed by atoms with Gasteiger partial charge in [-0.15, -0.1) is 0 Å². The molecule has 0 saturated carbocycles. The van der Waals surface area contributed by atoms with Gasteiger partial charge in [0.05, 0.1) is 12.2 Å². The lowest BCUT2D eigenvalue weighted by atomic mass is 10.2. The standard InChI is InChI=1S/C13H13N3O3/c14-5-6-17-8-12-15-13(16-19-12)10-7-18-11-4-2-1-3-9(10)11/h1-4,7H,5-6,8,14H2. The molecule has 6 heteroatoms. The first kappa shape index (κ1) is 11.9. The third-order valence-corrected chi connectivity index (χ3v) is 2.68. The van der Waals surface area contributed by atoms with Crippen molar-refractivity contribution >= 4 is 11.0 Å². The zero-order valence-corrected chi connectivity index (χ0v) is 10.2. The van der Waals surface area contributed by atoms with Gasteiger partial charge in [0.25, 0.3) is 5.89 Å². The van der Waals surface area contributed by atoms with E-state index in [1.54, 1.807) is 6.26 Å². The fraction of sp³-hybridized carbons (Fsp3) is 0.231. The topological polar surface area (TPSA) is 87.3 Å². The molecule has 98 valence electrons. The molecule has 2 aromatic heterocycles. The third-order valence-electron chi connectivity index (χ3n) is 2.68. The maximum atomic E-state index is 5.44. The molecule has 1 aromatic carbocycles. The van der Waals surface area contributed by atoms with Crippen molar-refractivity contribution < 1.29 is 13.7 Å². The van der Waals surface area contributed by atoms with Crippen molar-refractivity contribution in [1.82, 2.24) is 10.1 Å². The Hall–Kier alpha value is -2.18. The number of rotatable bonds is 5. The van der Waals surface area contributed by atoms with Crippen LogP contribution in [-0.4, -0.2) is 23.3 Å². The van der Waals surface area contributed by atoms with Gasteiger partial charge in [0, 0.05) is 11.9 Å². The van der Waals surface area contributed by atoms with Crippen LogP contribution in [0.3, 0.4) is 0 Å². The predicted molar refractivity (Wildman–Crippen MR) is 68.2 cm³/mol. The van der Waals surface area contributed by atoms with Crippen molar-refractivity contribution in [2.45, 2.75) is 6.61 Å². The molecule has 0 aliphatic heterocycles. The maximum Gasteiger partial charge on any atom is 0.252 e. The summed E-state index contributed by atoms with van der Waals surface area (Å²) in [6, 6.07) is 7.70. The van der Waals surface area contributed by atoms with Gasteiger partial charge >= 0.3 is 0 Å². The minimum Gasteiger partial charge on any atom is -0.464 e. The van der Waals surface area contributed by atoms with Gasteiger partial charge in [0.1, 0.15) is 18.5 Å². The van der Waals surface area contributed by atoms with Gasteiger partial charge in [-0.25, -0.2) is 0 Å². The molecule has 0 unspecified atom stereocenters. The molecule has 0 bridgehead atoms. The fourth-order valence-corrected chi connectivity index (χ4v) is 1.82. The Balaban J connectivity index is 1.86. The Bertz CT molecular complexity index is 674. The van der Waals surface area contributed by atoms with Gasteiger partial charge < -0.3 is 19.4 Å². The van der Waals surface area contributed by atoms with Gasteiger partial charge in [0.2, 0.25) is 5.82 Å². The second kappa shape index (κ2) is 5.21. The zero-order valence-electron chi connectivity index (χ0n) is 10.2. The van der Waals surface area contributed by atoms with Crippen molar-refractivity contribution in [3.05, 3.63) is 36.4 Å². The molecule has 3 rings (SSSR count). The Morgan fingerprint density at radius 2 is 2.16 bits per heavy atom. The predicted octanol–water partition coefficient (Wildman–Crippen LogP) is 1.96. The van der Waals surface area contributed by atoms with Crippen LogP contribution >= 0.6 is 0 Å². The van der Waals surface area contributed by atoms with Crippen LogP contribution in [0.25, 0.3) is 22.4 Å². The summed E-state index contributed by atoms with van der Waals surface area (Å²) in [6.07, 6.45) is 1.63. The number of furan rings is 1. The molecule has 19 heavy (non-hydrogen) atoms. The molecule has 0 amide bonds. The average molecular weight is 259 g/mol. The van der Waals surface area contributed by atoms with Crippen molar-refractivity contribution in [3.63, 3.8) is 0 Å². The Morgan fingerprint density at radius 1 is 1.26 bits per heavy atom. The number of hydrogen-bond acceptors (Lipinski definition) is 6. The molecule has 0 atom stereocenters. The van der Waals surface area contributed by atoms with Crippen molar-refractivity contribution in [2.75, 3.05) is 13.2 Å². The van der Waals surface area contributed by atoms with Crippen LogP contribution in [0.4, 0.5) is 0 Å². The van der Waals surface area contributed by atoms with Crippen molar-refractivity contribution in [3.8, 4) is 11.4 Å². The monoisotopic (exact) mass is 259 g/mol. The Labute approximate surface area is 109 Å². The van der Waals surface area contributed by atoms with Crippen LogP contribution in [0.1, 0.15) is 5.89 Å². The van der Waals surface area contributed by atoms with E-state index in [-0.39, 0.29) is 6.61 Å². The molecule has 2 heterocycles. The Kier molecular flexibility index (Phi) is 3.26. The quantitative estimate of drug-likeness (QED) is 0.705. The molecular formula is C13H13N3O3. The molecule has 3 aromatic rings. The summed E-state index contributed by atoms with van der Waals surface area (Å²) in [6.45, 7) is 1.19. The van der Waals surface area contributed by atoms with Gasteiger partial charge in [-0.2, -0.15) is 4.98 Å². The van der Waals surface area contributed by atoms with Crippen LogP contribution in [-0.2, 0) is 11.3 Å². The van der Waals surface area contributed by atoms with E-state index < -0.39 is 0 Å². The highest BCUT2D eigenvalue weighted by Crippen LogP contribution is 2.28. The highest BCUT2D eigenvalue weighted by Gasteiger charge is 2.14. The molecule has 0 saturated heterocycles. The molecule has 2 N–H and O–H groups in total. The second-order valence-electron chi connectivity index (χ2n) is 4.00. The van der Waals surface area contributed by atoms with E-state index in [1.807, 2.05) is 24.3 Å². The van der Waals surface area contributed by atoms with Crippen LogP contribution in [0.2, 0.25) is 0 Å². The lowest BCUT2D eigenvalue weighted by Gasteiger charge is -1.95. The first-order valence-electron chi connectivity index (χ1n) is 5.95. The largest absolute Gasteiger partial charge is 0.464 e. The SMILES string of the molecule is NCCOCc1nc(-c2coc3ccccc23)no1. The molecule has 0 spiro atoms. The second-order valence-corrected chi connectivity index (χ2v) is 4.00. The zero-order chi connectivity index (χ0) is 13.1. The van der Waals surface area contributed by atoms with Gasteiger partial charge in [-0.1, -0.05) is 23.4 Å². The Morgan fingerprint density at radius 3 is 3.05 bits per heavy atom. The number of aromatic nitrogens is 2. The summed E-state index contributed by atoms with van der Waals surface area (Å²) < 4.78 is 15.8. The van der Waals surface area contributed by atoms with Crippen LogP contribution in [0, 0.1) is 0 Å². The molecule has 0 fully saturated rings. The van der Waals surface area contributed by atoms with Gasteiger partial charge in [0.15, 0.2) is 0 Å². The summed E-state index contributed by atoms with van der Waals surface area (Å²) >= 11 is 0.